The fraction of sp³-hybridized carbons (Fsp3) is 0.429. The second-order valence-corrected chi connectivity index (χ2v) is 15.9. The van der Waals surface area contributed by atoms with Crippen molar-refractivity contribution in [2.45, 2.75) is 82.6 Å². The number of piperidine rings is 2. The monoisotopic (exact) mass is 830 g/mol. The normalized spacial score (nSPS) is 19.8. The van der Waals surface area contributed by atoms with Gasteiger partial charge in [0, 0.05) is 29.2 Å². The molecule has 0 aromatic heterocycles. The Labute approximate surface area is 345 Å². The van der Waals surface area contributed by atoms with Crippen molar-refractivity contribution in [3.63, 3.8) is 0 Å². The lowest BCUT2D eigenvalue weighted by Crippen LogP contribution is -2.47. The Morgan fingerprint density at radius 3 is 2.36 bits per heavy atom. The predicted molar refractivity (Wildman–Crippen MR) is 218 cm³/mol. The van der Waals surface area contributed by atoms with E-state index in [0.717, 1.165) is 50.0 Å². The Kier molecular flexibility index (Phi) is 12.8. The van der Waals surface area contributed by atoms with E-state index >= 15 is 0 Å². The second kappa shape index (κ2) is 17.6. The van der Waals surface area contributed by atoms with Crippen molar-refractivity contribution in [2.75, 3.05) is 46.7 Å². The highest BCUT2D eigenvalue weighted by atomic mass is 32.1. The van der Waals surface area contributed by atoms with E-state index in [0.29, 0.717) is 53.7 Å². The topological polar surface area (TPSA) is 171 Å². The first-order valence-electron chi connectivity index (χ1n) is 19.4. The van der Waals surface area contributed by atoms with E-state index in [1.807, 2.05) is 25.1 Å². The Bertz CT molecular complexity index is 2210. The number of nitrogens with one attached hydrogen (secondary N) is 3. The number of halogens is 3. The molecule has 6 rings (SSSR count). The molecule has 3 aliphatic rings. The van der Waals surface area contributed by atoms with Crippen LogP contribution < -0.4 is 30.5 Å². The van der Waals surface area contributed by atoms with Crippen molar-refractivity contribution in [2.24, 2.45) is 5.92 Å². The van der Waals surface area contributed by atoms with Crippen molar-refractivity contribution in [3.05, 3.63) is 76.9 Å². The Hall–Kier alpha value is -5.78. The van der Waals surface area contributed by atoms with E-state index in [9.17, 15) is 42.9 Å². The Morgan fingerprint density at radius 1 is 0.983 bits per heavy atom. The average Bonchev–Trinajstić information content (AvgIpc) is 3.37. The molecule has 0 aliphatic carbocycles. The molecule has 310 valence electrons. The minimum atomic E-state index is -4.78. The van der Waals surface area contributed by atoms with E-state index < -0.39 is 46.2 Å². The number of likely N-dealkylation sites (tertiary alicyclic amines) is 1. The molecule has 17 heteroatoms. The third-order valence-corrected chi connectivity index (χ3v) is 11.5. The number of nitrogens with zero attached hydrogens (tertiary/aromatic N) is 5. The largest absolute Gasteiger partial charge is 0.493 e. The quantitative estimate of drug-likeness (QED) is 0.122. The van der Waals surface area contributed by atoms with Crippen LogP contribution >= 0.6 is 12.6 Å². The fourth-order valence-electron chi connectivity index (χ4n) is 7.81. The highest BCUT2D eigenvalue weighted by Gasteiger charge is 2.52. The summed E-state index contributed by atoms with van der Waals surface area (Å²) in [5, 5.41) is 27.0. The van der Waals surface area contributed by atoms with Crippen LogP contribution in [-0.2, 0) is 31.8 Å². The minimum Gasteiger partial charge on any atom is -0.493 e. The van der Waals surface area contributed by atoms with Crippen LogP contribution in [0.1, 0.15) is 75.1 Å². The van der Waals surface area contributed by atoms with Gasteiger partial charge in [-0.1, -0.05) is 6.92 Å². The molecule has 0 spiro atoms. The molecule has 3 aromatic carbocycles. The SMILES string of the molecule is CCc1cc(N2C(S)N(c3ccc(C#N)c(C(F)(F)F)c3)C(=O)C2(C)C)ccc1OCCC1CCN(CC(=O)Nc2cc(C#N)cc(NC3CCC(=O)NC3=O)c2)CC1. The standard InChI is InChI=1S/C42H45F3N8O5S/c1-4-27-19-32(53-40(59)52(39(57)41(53,2)3)31-6-5-28(23-47)33(21-31)42(43,44)45)7-9-35(27)58-16-13-25-11-14-51(15-12-25)24-37(55)49-30-18-26(22-46)17-29(20-30)48-34-8-10-36(54)50-38(34)56/h5-7,9,17-21,25,34,40,48,59H,4,8,10-16,24H2,1-3H3,(H,49,55)(H,50,54,56). The average molecular weight is 831 g/mol. The second-order valence-electron chi connectivity index (χ2n) is 15.4. The van der Waals surface area contributed by atoms with Crippen LogP contribution in [0.15, 0.2) is 54.6 Å². The van der Waals surface area contributed by atoms with Crippen LogP contribution in [0.2, 0.25) is 0 Å². The van der Waals surface area contributed by atoms with E-state index in [2.05, 4.69) is 26.9 Å². The molecule has 13 nitrogen and oxygen atoms in total. The third kappa shape index (κ3) is 9.58. The molecule has 0 bridgehead atoms. The highest BCUT2D eigenvalue weighted by molar-refractivity contribution is 7.81. The maximum absolute atomic E-state index is 13.8. The van der Waals surface area contributed by atoms with Gasteiger partial charge in [-0.3, -0.25) is 34.3 Å². The summed E-state index contributed by atoms with van der Waals surface area (Å²) in [6.07, 6.45) is -1.07. The Balaban J connectivity index is 1.01. The van der Waals surface area contributed by atoms with Crippen LogP contribution in [0.4, 0.5) is 35.9 Å². The maximum atomic E-state index is 13.8. The molecule has 3 aliphatic heterocycles. The summed E-state index contributed by atoms with van der Waals surface area (Å²) < 4.78 is 47.6. The number of anilines is 4. The maximum Gasteiger partial charge on any atom is 0.417 e. The lowest BCUT2D eigenvalue weighted by Gasteiger charge is -2.34. The molecule has 59 heavy (non-hydrogen) atoms. The number of alkyl halides is 3. The van der Waals surface area contributed by atoms with Gasteiger partial charge < -0.3 is 20.3 Å². The number of thiol groups is 1. The van der Waals surface area contributed by atoms with Crippen LogP contribution in [0.3, 0.4) is 0 Å². The first-order valence-corrected chi connectivity index (χ1v) is 19.9. The Morgan fingerprint density at radius 2 is 1.69 bits per heavy atom. The molecular formula is C42H45F3N8O5S. The highest BCUT2D eigenvalue weighted by Crippen LogP contribution is 2.43. The number of imide groups is 1. The number of benzene rings is 3. The third-order valence-electron chi connectivity index (χ3n) is 11.0. The number of carbonyl (C=O) groups is 4. The summed E-state index contributed by atoms with van der Waals surface area (Å²) in [7, 11) is 0. The lowest BCUT2D eigenvalue weighted by atomic mass is 9.94. The zero-order chi connectivity index (χ0) is 42.6. The minimum absolute atomic E-state index is 0.0133. The first kappa shape index (κ1) is 42.8. The zero-order valence-electron chi connectivity index (χ0n) is 32.9. The summed E-state index contributed by atoms with van der Waals surface area (Å²) in [4.78, 5) is 55.5. The van der Waals surface area contributed by atoms with Gasteiger partial charge in [-0.25, -0.2) is 0 Å². The molecule has 2 unspecified atom stereocenters. The molecule has 3 saturated heterocycles. The van der Waals surface area contributed by atoms with Crippen molar-refractivity contribution in [1.29, 1.82) is 10.5 Å². The molecule has 3 N–H and O–H groups in total. The van der Waals surface area contributed by atoms with Gasteiger partial charge in [0.1, 0.15) is 17.3 Å². The molecule has 3 heterocycles. The molecule has 3 aromatic rings. The smallest absolute Gasteiger partial charge is 0.417 e. The van der Waals surface area contributed by atoms with Gasteiger partial charge >= 0.3 is 6.18 Å². The van der Waals surface area contributed by atoms with Gasteiger partial charge in [0.05, 0.1) is 42.0 Å². The van der Waals surface area contributed by atoms with E-state index in [1.54, 1.807) is 43.0 Å². The molecule has 4 amide bonds. The van der Waals surface area contributed by atoms with Gasteiger partial charge in [0.15, 0.2) is 5.50 Å². The summed E-state index contributed by atoms with van der Waals surface area (Å²) in [5.74, 6) is -0.356. The van der Waals surface area contributed by atoms with Crippen LogP contribution in [0.25, 0.3) is 0 Å². The molecule has 0 saturated carbocycles. The fourth-order valence-corrected chi connectivity index (χ4v) is 8.47. The predicted octanol–water partition coefficient (Wildman–Crippen LogP) is 6.19. The van der Waals surface area contributed by atoms with Gasteiger partial charge in [0.25, 0.3) is 5.91 Å². The van der Waals surface area contributed by atoms with Crippen molar-refractivity contribution in [3.8, 4) is 17.9 Å². The number of hydrogen-bond acceptors (Lipinski definition) is 11. The summed E-state index contributed by atoms with van der Waals surface area (Å²) in [6.45, 7) is 7.45. The molecular weight excluding hydrogens is 786 g/mol. The number of rotatable bonds is 12. The summed E-state index contributed by atoms with van der Waals surface area (Å²) >= 11 is 4.72. The van der Waals surface area contributed by atoms with Gasteiger partial charge in [0.2, 0.25) is 17.7 Å². The first-order chi connectivity index (χ1) is 28.0. The van der Waals surface area contributed by atoms with Gasteiger partial charge in [-0.05, 0) is 125 Å². The number of aryl methyl sites for hydroxylation is 1. The summed E-state index contributed by atoms with van der Waals surface area (Å²) in [5.41, 5.74) is -1.01. The number of carbonyl (C=O) groups excluding carboxylic acids is 4. The number of amides is 4. The number of hydrogen-bond donors (Lipinski definition) is 4. The van der Waals surface area contributed by atoms with Crippen molar-refractivity contribution >= 4 is 59.0 Å². The van der Waals surface area contributed by atoms with Gasteiger partial charge in [-0.15, -0.1) is 12.6 Å². The van der Waals surface area contributed by atoms with Crippen LogP contribution in [0, 0.1) is 28.6 Å². The zero-order valence-corrected chi connectivity index (χ0v) is 33.8. The molecule has 3 fully saturated rings. The van der Waals surface area contributed by atoms with Crippen molar-refractivity contribution in [1.82, 2.24) is 10.2 Å². The van der Waals surface area contributed by atoms with Crippen LogP contribution in [0.5, 0.6) is 5.75 Å². The van der Waals surface area contributed by atoms with E-state index in [-0.39, 0.29) is 30.5 Å². The van der Waals surface area contributed by atoms with Gasteiger partial charge in [-0.2, -0.15) is 23.7 Å². The van der Waals surface area contributed by atoms with Crippen molar-refractivity contribution < 1.29 is 37.1 Å². The summed E-state index contributed by atoms with van der Waals surface area (Å²) in [6, 6.07) is 16.6. The van der Waals surface area contributed by atoms with Crippen LogP contribution in [-0.4, -0.2) is 71.8 Å². The molecule has 0 radical (unpaired) electrons. The number of nitriles is 2. The molecule has 2 atom stereocenters. The lowest BCUT2D eigenvalue weighted by molar-refractivity contribution is -0.138. The number of ether oxygens (including phenoxy) is 1. The van der Waals surface area contributed by atoms with E-state index in [1.165, 1.54) is 11.0 Å². The van der Waals surface area contributed by atoms with E-state index in [4.69, 9.17) is 17.4 Å².